The zero-order valence-electron chi connectivity index (χ0n) is 11.1. The Morgan fingerprint density at radius 3 is 2.60 bits per heavy atom. The first-order valence-electron chi connectivity index (χ1n) is 6.17. The standard InChI is InChI=1S/C13H16ClN3O2S/c1-10-8-13(17-16-10)9-15-20(18,19)7-6-11-2-4-12(14)5-3-11/h2-5,8,15H,6-7,9H2,1H3,(H,16,17). The van der Waals surface area contributed by atoms with Crippen molar-refractivity contribution in [2.24, 2.45) is 0 Å². The van der Waals surface area contributed by atoms with Crippen LogP contribution in [0.3, 0.4) is 0 Å². The number of sulfonamides is 1. The molecule has 0 atom stereocenters. The van der Waals surface area contributed by atoms with Crippen LogP contribution in [0, 0.1) is 6.92 Å². The molecule has 108 valence electrons. The van der Waals surface area contributed by atoms with Gasteiger partial charge in [-0.25, -0.2) is 13.1 Å². The molecular weight excluding hydrogens is 298 g/mol. The summed E-state index contributed by atoms with van der Waals surface area (Å²) >= 11 is 5.78. The molecule has 0 aliphatic heterocycles. The summed E-state index contributed by atoms with van der Waals surface area (Å²) < 4.78 is 26.3. The van der Waals surface area contributed by atoms with E-state index in [2.05, 4.69) is 14.9 Å². The van der Waals surface area contributed by atoms with Gasteiger partial charge in [-0.15, -0.1) is 0 Å². The number of nitrogens with one attached hydrogen (secondary N) is 2. The van der Waals surface area contributed by atoms with Crippen molar-refractivity contribution in [3.63, 3.8) is 0 Å². The summed E-state index contributed by atoms with van der Waals surface area (Å²) in [7, 11) is -3.32. The van der Waals surface area contributed by atoms with E-state index in [4.69, 9.17) is 11.6 Å². The Hall–Kier alpha value is -1.37. The van der Waals surface area contributed by atoms with Crippen LogP contribution < -0.4 is 4.72 Å². The van der Waals surface area contributed by atoms with E-state index < -0.39 is 10.0 Å². The van der Waals surface area contributed by atoms with Gasteiger partial charge in [-0.05, 0) is 37.1 Å². The summed E-state index contributed by atoms with van der Waals surface area (Å²) in [5, 5.41) is 7.39. The first-order valence-corrected chi connectivity index (χ1v) is 8.20. The zero-order valence-corrected chi connectivity index (χ0v) is 12.6. The van der Waals surface area contributed by atoms with Crippen LogP contribution >= 0.6 is 11.6 Å². The maximum Gasteiger partial charge on any atom is 0.212 e. The number of aryl methyl sites for hydroxylation is 2. The Balaban J connectivity index is 1.86. The SMILES string of the molecule is Cc1cc(CNS(=O)(=O)CCc2ccc(Cl)cc2)n[nH]1. The molecule has 1 aromatic heterocycles. The van der Waals surface area contributed by atoms with Gasteiger partial charge >= 0.3 is 0 Å². The topological polar surface area (TPSA) is 74.8 Å². The van der Waals surface area contributed by atoms with E-state index in [0.29, 0.717) is 17.1 Å². The fraction of sp³-hybridized carbons (Fsp3) is 0.308. The summed E-state index contributed by atoms with van der Waals surface area (Å²) in [6.07, 6.45) is 0.450. The number of H-pyrrole nitrogens is 1. The Morgan fingerprint density at radius 2 is 2.00 bits per heavy atom. The van der Waals surface area contributed by atoms with Crippen LogP contribution in [0.2, 0.25) is 5.02 Å². The highest BCUT2D eigenvalue weighted by molar-refractivity contribution is 7.89. The summed E-state index contributed by atoms with van der Waals surface area (Å²) in [5.41, 5.74) is 2.52. The maximum atomic E-state index is 11.9. The van der Waals surface area contributed by atoms with Gasteiger partial charge in [0.1, 0.15) is 0 Å². The predicted molar refractivity (Wildman–Crippen MR) is 79.1 cm³/mol. The Bertz CT molecular complexity index is 665. The van der Waals surface area contributed by atoms with Crippen molar-refractivity contribution in [2.75, 3.05) is 5.75 Å². The monoisotopic (exact) mass is 313 g/mol. The largest absolute Gasteiger partial charge is 0.283 e. The van der Waals surface area contributed by atoms with Gasteiger partial charge in [-0.2, -0.15) is 5.10 Å². The van der Waals surface area contributed by atoms with Crippen LogP contribution in [0.5, 0.6) is 0 Å². The minimum Gasteiger partial charge on any atom is -0.283 e. The number of aromatic amines is 1. The Kier molecular flexibility index (Phi) is 4.80. The number of nitrogens with zero attached hydrogens (tertiary/aromatic N) is 1. The number of rotatable bonds is 6. The number of benzene rings is 1. The van der Waals surface area contributed by atoms with E-state index in [1.165, 1.54) is 0 Å². The zero-order chi connectivity index (χ0) is 14.6. The highest BCUT2D eigenvalue weighted by atomic mass is 35.5. The van der Waals surface area contributed by atoms with Crippen molar-refractivity contribution in [3.8, 4) is 0 Å². The molecule has 20 heavy (non-hydrogen) atoms. The first-order chi connectivity index (χ1) is 9.44. The summed E-state index contributed by atoms with van der Waals surface area (Å²) in [5.74, 6) is 0.0397. The second-order valence-corrected chi connectivity index (χ2v) is 6.92. The molecule has 5 nitrogen and oxygen atoms in total. The van der Waals surface area contributed by atoms with E-state index in [-0.39, 0.29) is 12.3 Å². The van der Waals surface area contributed by atoms with E-state index in [1.807, 2.05) is 25.1 Å². The second kappa shape index (κ2) is 6.39. The highest BCUT2D eigenvalue weighted by Crippen LogP contribution is 2.10. The van der Waals surface area contributed by atoms with E-state index in [1.54, 1.807) is 12.1 Å². The molecule has 0 spiro atoms. The fourth-order valence-electron chi connectivity index (χ4n) is 1.72. The van der Waals surface area contributed by atoms with E-state index >= 15 is 0 Å². The van der Waals surface area contributed by atoms with Crippen molar-refractivity contribution in [2.45, 2.75) is 19.9 Å². The van der Waals surface area contributed by atoms with E-state index in [0.717, 1.165) is 11.3 Å². The van der Waals surface area contributed by atoms with Crippen LogP contribution in [0.1, 0.15) is 17.0 Å². The van der Waals surface area contributed by atoms with Crippen LogP contribution in [-0.4, -0.2) is 24.4 Å². The number of aromatic nitrogens is 2. The van der Waals surface area contributed by atoms with Crippen molar-refractivity contribution in [3.05, 3.63) is 52.3 Å². The van der Waals surface area contributed by atoms with Gasteiger partial charge in [0, 0.05) is 10.7 Å². The lowest BCUT2D eigenvalue weighted by Gasteiger charge is -2.05. The average Bonchev–Trinajstić information content (AvgIpc) is 2.82. The smallest absolute Gasteiger partial charge is 0.212 e. The van der Waals surface area contributed by atoms with Gasteiger partial charge in [-0.3, -0.25) is 5.10 Å². The predicted octanol–water partition coefficient (Wildman–Crippen LogP) is 2.03. The minimum atomic E-state index is -3.32. The summed E-state index contributed by atoms with van der Waals surface area (Å²) in [6, 6.07) is 8.97. The molecule has 0 amide bonds. The molecule has 1 aromatic carbocycles. The molecule has 2 aromatic rings. The third-order valence-corrected chi connectivity index (χ3v) is 4.38. The van der Waals surface area contributed by atoms with Gasteiger partial charge in [0.25, 0.3) is 0 Å². The van der Waals surface area contributed by atoms with Crippen LogP contribution in [0.15, 0.2) is 30.3 Å². The van der Waals surface area contributed by atoms with E-state index in [9.17, 15) is 8.42 Å². The Labute approximate surface area is 123 Å². The molecule has 0 unspecified atom stereocenters. The van der Waals surface area contributed by atoms with Gasteiger partial charge in [0.2, 0.25) is 10.0 Å². The maximum absolute atomic E-state index is 11.9. The van der Waals surface area contributed by atoms with Crippen LogP contribution in [-0.2, 0) is 23.0 Å². The molecule has 1 heterocycles. The van der Waals surface area contributed by atoms with Gasteiger partial charge in [0.05, 0.1) is 18.0 Å². The molecule has 0 saturated carbocycles. The normalized spacial score (nSPS) is 11.7. The minimum absolute atomic E-state index is 0.0397. The van der Waals surface area contributed by atoms with Crippen molar-refractivity contribution in [1.29, 1.82) is 0 Å². The molecule has 2 N–H and O–H groups in total. The summed E-state index contributed by atoms with van der Waals surface area (Å²) in [4.78, 5) is 0. The quantitative estimate of drug-likeness (QED) is 0.857. The molecule has 0 radical (unpaired) electrons. The molecule has 2 rings (SSSR count). The third kappa shape index (κ3) is 4.63. The van der Waals surface area contributed by atoms with Gasteiger partial charge in [-0.1, -0.05) is 23.7 Å². The Morgan fingerprint density at radius 1 is 1.30 bits per heavy atom. The van der Waals surface area contributed by atoms with Crippen LogP contribution in [0.25, 0.3) is 0 Å². The highest BCUT2D eigenvalue weighted by Gasteiger charge is 2.11. The number of hydrogen-bond donors (Lipinski definition) is 2. The third-order valence-electron chi connectivity index (χ3n) is 2.80. The van der Waals surface area contributed by atoms with Gasteiger partial charge < -0.3 is 0 Å². The second-order valence-electron chi connectivity index (χ2n) is 4.56. The van der Waals surface area contributed by atoms with Crippen LogP contribution in [0.4, 0.5) is 0 Å². The summed E-state index contributed by atoms with van der Waals surface area (Å²) in [6.45, 7) is 2.07. The van der Waals surface area contributed by atoms with Gasteiger partial charge in [0.15, 0.2) is 0 Å². The van der Waals surface area contributed by atoms with Crippen molar-refractivity contribution in [1.82, 2.24) is 14.9 Å². The number of halogens is 1. The molecule has 7 heteroatoms. The molecule has 0 aliphatic rings. The molecule has 0 fully saturated rings. The first kappa shape index (κ1) is 15.0. The molecule has 0 aliphatic carbocycles. The number of hydrogen-bond acceptors (Lipinski definition) is 3. The molecular formula is C13H16ClN3O2S. The lowest BCUT2D eigenvalue weighted by Crippen LogP contribution is -2.27. The fourth-order valence-corrected chi connectivity index (χ4v) is 2.87. The lowest BCUT2D eigenvalue weighted by atomic mass is 10.2. The van der Waals surface area contributed by atoms with Crippen molar-refractivity contribution >= 4 is 21.6 Å². The lowest BCUT2D eigenvalue weighted by molar-refractivity contribution is 0.579. The average molecular weight is 314 g/mol. The molecule has 0 bridgehead atoms. The molecule has 0 saturated heterocycles. The van der Waals surface area contributed by atoms with Crippen molar-refractivity contribution < 1.29 is 8.42 Å².